The summed E-state index contributed by atoms with van der Waals surface area (Å²) in [6.45, 7) is 1.30. The molecule has 1 aliphatic heterocycles. The molecule has 2 N–H and O–H groups in total. The van der Waals surface area contributed by atoms with Gasteiger partial charge in [-0.2, -0.15) is 13.2 Å². The molecule has 102 valence electrons. The Morgan fingerprint density at radius 1 is 1.32 bits per heavy atom. The van der Waals surface area contributed by atoms with Crippen LogP contribution in [-0.2, 0) is 19.1 Å². The van der Waals surface area contributed by atoms with Crippen molar-refractivity contribution in [2.24, 2.45) is 11.7 Å². The number of fused-ring (bicyclic) bond motifs is 3. The van der Waals surface area contributed by atoms with Gasteiger partial charge < -0.3 is 10.3 Å². The van der Waals surface area contributed by atoms with Crippen molar-refractivity contribution in [3.8, 4) is 0 Å². The van der Waals surface area contributed by atoms with Crippen molar-refractivity contribution in [2.45, 2.75) is 25.6 Å². The van der Waals surface area contributed by atoms with Gasteiger partial charge in [0, 0.05) is 23.1 Å². The third-order valence-corrected chi connectivity index (χ3v) is 3.92. The zero-order valence-corrected chi connectivity index (χ0v) is 10.4. The molecular formula is C14H15F3N2. The normalized spacial score (nSPS) is 19.7. The Hall–Kier alpha value is -1.49. The van der Waals surface area contributed by atoms with Crippen LogP contribution in [0.25, 0.3) is 10.9 Å². The van der Waals surface area contributed by atoms with Gasteiger partial charge in [-0.1, -0.05) is 6.07 Å². The van der Waals surface area contributed by atoms with Crippen molar-refractivity contribution in [2.75, 3.05) is 6.54 Å². The van der Waals surface area contributed by atoms with Gasteiger partial charge in [0.1, 0.15) is 0 Å². The van der Waals surface area contributed by atoms with Gasteiger partial charge in [-0.25, -0.2) is 0 Å². The molecule has 1 aromatic heterocycles. The monoisotopic (exact) mass is 268 g/mol. The zero-order chi connectivity index (χ0) is 13.6. The summed E-state index contributed by atoms with van der Waals surface area (Å²) in [7, 11) is 0. The molecule has 0 saturated carbocycles. The number of aryl methyl sites for hydroxylation is 1. The quantitative estimate of drug-likeness (QED) is 0.846. The predicted molar refractivity (Wildman–Crippen MR) is 67.8 cm³/mol. The van der Waals surface area contributed by atoms with Gasteiger partial charge in [-0.3, -0.25) is 0 Å². The van der Waals surface area contributed by atoms with E-state index >= 15 is 0 Å². The lowest BCUT2D eigenvalue weighted by atomic mass is 9.98. The Balaban J connectivity index is 2.18. The number of alkyl halides is 3. The number of aromatic nitrogens is 1. The summed E-state index contributed by atoms with van der Waals surface area (Å²) in [5.41, 5.74) is 6.79. The average Bonchev–Trinajstić information content (AvgIpc) is 2.74. The summed E-state index contributed by atoms with van der Waals surface area (Å²) < 4.78 is 41.0. The maximum Gasteiger partial charge on any atom is 0.417 e. The molecule has 0 spiro atoms. The van der Waals surface area contributed by atoms with E-state index in [-0.39, 0.29) is 0 Å². The standard InChI is InChI=1S/C14H15F3N2/c15-14(16,17)12-2-1-3-13-11(12)6-10-5-4-9(7-18)8-19(10)13/h1-3,6,9H,4-5,7-8,18H2. The summed E-state index contributed by atoms with van der Waals surface area (Å²) in [6, 6.07) is 6.07. The number of nitrogens with zero attached hydrogens (tertiary/aromatic N) is 1. The van der Waals surface area contributed by atoms with E-state index in [2.05, 4.69) is 0 Å². The van der Waals surface area contributed by atoms with Gasteiger partial charge in [0.25, 0.3) is 0 Å². The lowest BCUT2D eigenvalue weighted by Gasteiger charge is -2.24. The third-order valence-electron chi connectivity index (χ3n) is 3.92. The van der Waals surface area contributed by atoms with Crippen LogP contribution in [0.5, 0.6) is 0 Å². The topological polar surface area (TPSA) is 30.9 Å². The first-order valence-electron chi connectivity index (χ1n) is 6.39. The molecule has 1 aromatic carbocycles. The van der Waals surface area contributed by atoms with Gasteiger partial charge in [-0.15, -0.1) is 0 Å². The van der Waals surface area contributed by atoms with E-state index in [0.29, 0.717) is 23.4 Å². The molecule has 0 saturated heterocycles. The maximum absolute atomic E-state index is 13.0. The molecule has 5 heteroatoms. The maximum atomic E-state index is 13.0. The van der Waals surface area contributed by atoms with E-state index in [1.165, 1.54) is 6.07 Å². The summed E-state index contributed by atoms with van der Waals surface area (Å²) in [5, 5.41) is 0.308. The van der Waals surface area contributed by atoms with Gasteiger partial charge in [-0.05, 0) is 43.5 Å². The third kappa shape index (κ3) is 2.02. The lowest BCUT2D eigenvalue weighted by Crippen LogP contribution is -2.25. The Labute approximate surface area is 109 Å². The fourth-order valence-electron chi connectivity index (χ4n) is 2.90. The first-order chi connectivity index (χ1) is 9.00. The highest BCUT2D eigenvalue weighted by Gasteiger charge is 2.33. The Morgan fingerprint density at radius 3 is 2.79 bits per heavy atom. The van der Waals surface area contributed by atoms with E-state index in [1.54, 1.807) is 12.1 Å². The van der Waals surface area contributed by atoms with Crippen LogP contribution in [-0.4, -0.2) is 11.1 Å². The highest BCUT2D eigenvalue weighted by Crippen LogP contribution is 2.37. The van der Waals surface area contributed by atoms with Gasteiger partial charge in [0.05, 0.1) is 5.56 Å². The van der Waals surface area contributed by atoms with Crippen molar-refractivity contribution in [1.29, 1.82) is 0 Å². The van der Waals surface area contributed by atoms with Crippen molar-refractivity contribution in [1.82, 2.24) is 4.57 Å². The lowest BCUT2D eigenvalue weighted by molar-refractivity contribution is -0.136. The van der Waals surface area contributed by atoms with Crippen LogP contribution in [0.3, 0.4) is 0 Å². The van der Waals surface area contributed by atoms with Crippen LogP contribution in [0, 0.1) is 5.92 Å². The Kier molecular flexibility index (Phi) is 2.82. The molecule has 3 rings (SSSR count). The first-order valence-corrected chi connectivity index (χ1v) is 6.39. The molecule has 0 amide bonds. The largest absolute Gasteiger partial charge is 0.417 e. The van der Waals surface area contributed by atoms with Crippen molar-refractivity contribution >= 4 is 10.9 Å². The number of hydrogen-bond acceptors (Lipinski definition) is 1. The second-order valence-electron chi connectivity index (χ2n) is 5.12. The second-order valence-corrected chi connectivity index (χ2v) is 5.12. The summed E-state index contributed by atoms with van der Waals surface area (Å²) >= 11 is 0. The van der Waals surface area contributed by atoms with Crippen LogP contribution in [0.2, 0.25) is 0 Å². The van der Waals surface area contributed by atoms with Gasteiger partial charge in [0.2, 0.25) is 0 Å². The van der Waals surface area contributed by atoms with E-state index in [9.17, 15) is 13.2 Å². The molecule has 0 fully saturated rings. The van der Waals surface area contributed by atoms with Crippen LogP contribution in [0.4, 0.5) is 13.2 Å². The fourth-order valence-corrected chi connectivity index (χ4v) is 2.90. The molecule has 1 atom stereocenters. The van der Waals surface area contributed by atoms with E-state index < -0.39 is 11.7 Å². The molecule has 2 heterocycles. The van der Waals surface area contributed by atoms with Crippen molar-refractivity contribution in [3.05, 3.63) is 35.5 Å². The number of halogens is 3. The Bertz CT molecular complexity index is 613. The highest BCUT2D eigenvalue weighted by atomic mass is 19.4. The smallest absolute Gasteiger partial charge is 0.344 e. The minimum atomic E-state index is -4.30. The predicted octanol–water partition coefficient (Wildman–Crippen LogP) is 3.18. The molecule has 2 aromatic rings. The van der Waals surface area contributed by atoms with Crippen molar-refractivity contribution < 1.29 is 13.2 Å². The van der Waals surface area contributed by atoms with Crippen LogP contribution >= 0.6 is 0 Å². The minimum absolute atomic E-state index is 0.308. The van der Waals surface area contributed by atoms with Crippen LogP contribution < -0.4 is 5.73 Å². The number of hydrogen-bond donors (Lipinski definition) is 1. The zero-order valence-electron chi connectivity index (χ0n) is 10.4. The number of nitrogens with two attached hydrogens (primary N) is 1. The van der Waals surface area contributed by atoms with Crippen LogP contribution in [0.1, 0.15) is 17.7 Å². The number of rotatable bonds is 1. The molecule has 1 aliphatic rings. The molecule has 19 heavy (non-hydrogen) atoms. The molecular weight excluding hydrogens is 253 g/mol. The highest BCUT2D eigenvalue weighted by molar-refractivity contribution is 5.85. The van der Waals surface area contributed by atoms with Gasteiger partial charge >= 0.3 is 6.18 Å². The van der Waals surface area contributed by atoms with Crippen LogP contribution in [0.15, 0.2) is 24.3 Å². The SMILES string of the molecule is NCC1CCc2cc3c(C(F)(F)F)cccc3n2C1. The van der Waals surface area contributed by atoms with E-state index in [4.69, 9.17) is 5.73 Å². The first kappa shape index (κ1) is 12.5. The Morgan fingerprint density at radius 2 is 2.11 bits per heavy atom. The second kappa shape index (κ2) is 4.27. The molecule has 0 aliphatic carbocycles. The molecule has 0 radical (unpaired) electrons. The summed E-state index contributed by atoms with van der Waals surface area (Å²) in [4.78, 5) is 0. The van der Waals surface area contributed by atoms with Gasteiger partial charge in [0.15, 0.2) is 0 Å². The number of benzene rings is 1. The molecule has 1 unspecified atom stereocenters. The van der Waals surface area contributed by atoms with E-state index in [1.807, 2.05) is 4.57 Å². The summed E-state index contributed by atoms with van der Waals surface area (Å²) in [6.07, 6.45) is -2.55. The average molecular weight is 268 g/mol. The minimum Gasteiger partial charge on any atom is -0.344 e. The molecule has 2 nitrogen and oxygen atoms in total. The summed E-state index contributed by atoms with van der Waals surface area (Å²) in [5.74, 6) is 0.359. The van der Waals surface area contributed by atoms with Crippen molar-refractivity contribution in [3.63, 3.8) is 0 Å². The fraction of sp³-hybridized carbons (Fsp3) is 0.429. The molecule has 0 bridgehead atoms. The van der Waals surface area contributed by atoms with E-state index in [0.717, 1.165) is 31.1 Å².